The van der Waals surface area contributed by atoms with Crippen molar-refractivity contribution in [3.05, 3.63) is 22.4 Å². The van der Waals surface area contributed by atoms with Crippen LogP contribution in [0, 0.1) is 0 Å². The first-order valence-corrected chi connectivity index (χ1v) is 7.17. The zero-order valence-corrected chi connectivity index (χ0v) is 14.0. The quantitative estimate of drug-likeness (QED) is 0.692. The van der Waals surface area contributed by atoms with Gasteiger partial charge in [-0.3, -0.25) is 4.79 Å². The highest BCUT2D eigenvalue weighted by Gasteiger charge is 2.28. The summed E-state index contributed by atoms with van der Waals surface area (Å²) >= 11 is 0. The van der Waals surface area contributed by atoms with Crippen LogP contribution in [0.4, 0.5) is 0 Å². The van der Waals surface area contributed by atoms with E-state index >= 15 is 0 Å². The van der Waals surface area contributed by atoms with Gasteiger partial charge in [0.05, 0.1) is 28.4 Å². The topological polar surface area (TPSA) is 108 Å². The average Bonchev–Trinajstić information content (AvgIpc) is 2.61. The minimum absolute atomic E-state index is 0.0184. The molecule has 0 saturated carbocycles. The van der Waals surface area contributed by atoms with E-state index in [9.17, 15) is 15.0 Å². The first kappa shape index (κ1) is 16.6. The Hall–Kier alpha value is -3.29. The van der Waals surface area contributed by atoms with Crippen molar-refractivity contribution in [3.63, 3.8) is 0 Å². The molecule has 3 rings (SSSR count). The molecule has 0 aliphatic rings. The monoisotopic (exact) mass is 348 g/mol. The fraction of sp³-hybridized carbons (Fsp3) is 0.235. The fourth-order valence-corrected chi connectivity index (χ4v) is 2.78. The molecule has 0 radical (unpaired) electrons. The maximum atomic E-state index is 12.9. The van der Waals surface area contributed by atoms with Crippen molar-refractivity contribution in [1.82, 2.24) is 0 Å². The molecule has 0 bridgehead atoms. The SMILES string of the molecule is COc1c(OC)c(O)c2c(=O)c3c(O)ccc(OC)c3oc2c1OC. The normalized spacial score (nSPS) is 10.9. The van der Waals surface area contributed by atoms with Crippen molar-refractivity contribution >= 4 is 21.9 Å². The van der Waals surface area contributed by atoms with Crippen LogP contribution in [0.25, 0.3) is 21.9 Å². The van der Waals surface area contributed by atoms with Gasteiger partial charge in [-0.1, -0.05) is 0 Å². The fourth-order valence-electron chi connectivity index (χ4n) is 2.78. The first-order chi connectivity index (χ1) is 12.0. The Morgan fingerprint density at radius 1 is 0.800 bits per heavy atom. The Bertz CT molecular complexity index is 1030. The van der Waals surface area contributed by atoms with Crippen molar-refractivity contribution in [1.29, 1.82) is 0 Å². The second-order valence-corrected chi connectivity index (χ2v) is 5.07. The highest BCUT2D eigenvalue weighted by Crippen LogP contribution is 2.50. The van der Waals surface area contributed by atoms with Crippen molar-refractivity contribution in [3.8, 4) is 34.5 Å². The van der Waals surface area contributed by atoms with Crippen LogP contribution < -0.4 is 24.4 Å². The number of hydrogen-bond acceptors (Lipinski definition) is 8. The van der Waals surface area contributed by atoms with E-state index in [0.717, 1.165) is 0 Å². The summed E-state index contributed by atoms with van der Waals surface area (Å²) in [6, 6.07) is 2.76. The summed E-state index contributed by atoms with van der Waals surface area (Å²) < 4.78 is 26.6. The first-order valence-electron chi connectivity index (χ1n) is 7.17. The van der Waals surface area contributed by atoms with Gasteiger partial charge in [0, 0.05) is 0 Å². The van der Waals surface area contributed by atoms with Crippen LogP contribution in [0.2, 0.25) is 0 Å². The summed E-state index contributed by atoms with van der Waals surface area (Å²) in [4.78, 5) is 12.9. The van der Waals surface area contributed by atoms with Gasteiger partial charge in [-0.05, 0) is 12.1 Å². The van der Waals surface area contributed by atoms with E-state index in [1.54, 1.807) is 0 Å². The number of phenols is 2. The Morgan fingerprint density at radius 2 is 1.44 bits per heavy atom. The summed E-state index contributed by atoms with van der Waals surface area (Å²) in [5.74, 6) is -0.496. The van der Waals surface area contributed by atoms with Gasteiger partial charge in [0.25, 0.3) is 0 Å². The Morgan fingerprint density at radius 3 is 2.00 bits per heavy atom. The number of hydrogen-bond donors (Lipinski definition) is 2. The second-order valence-electron chi connectivity index (χ2n) is 5.07. The predicted octanol–water partition coefficient (Wildman–Crippen LogP) is 2.39. The lowest BCUT2D eigenvalue weighted by Gasteiger charge is -2.16. The maximum Gasteiger partial charge on any atom is 0.211 e. The van der Waals surface area contributed by atoms with Crippen LogP contribution >= 0.6 is 0 Å². The van der Waals surface area contributed by atoms with Gasteiger partial charge >= 0.3 is 0 Å². The van der Waals surface area contributed by atoms with Crippen LogP contribution in [0.15, 0.2) is 21.3 Å². The number of benzene rings is 2. The Balaban J connectivity index is 2.68. The lowest BCUT2D eigenvalue weighted by Crippen LogP contribution is -2.06. The summed E-state index contributed by atoms with van der Waals surface area (Å²) in [6.07, 6.45) is 0. The van der Waals surface area contributed by atoms with Gasteiger partial charge in [0.2, 0.25) is 22.7 Å². The molecule has 25 heavy (non-hydrogen) atoms. The summed E-state index contributed by atoms with van der Waals surface area (Å²) in [5.41, 5.74) is -0.701. The largest absolute Gasteiger partial charge is 0.507 e. The molecular weight excluding hydrogens is 332 g/mol. The molecular formula is C17H16O8. The number of aromatic hydroxyl groups is 2. The summed E-state index contributed by atoms with van der Waals surface area (Å²) in [5, 5.41) is 20.3. The molecule has 0 fully saturated rings. The van der Waals surface area contributed by atoms with Gasteiger partial charge in [0.15, 0.2) is 22.7 Å². The standard InChI is InChI=1S/C17H16O8/c1-21-8-6-5-7(18)9-11(19)10-12(20)15(22-2)17(24-4)16(23-3)14(10)25-13(8)9/h5-6,18,20H,1-4H3. The minimum Gasteiger partial charge on any atom is -0.507 e. The minimum atomic E-state index is -0.663. The Labute approximate surface area is 141 Å². The molecule has 0 saturated heterocycles. The summed E-state index contributed by atoms with van der Waals surface area (Å²) in [6.45, 7) is 0. The van der Waals surface area contributed by atoms with Crippen LogP contribution in [0.5, 0.6) is 34.5 Å². The van der Waals surface area contributed by atoms with Crippen molar-refractivity contribution in [2.75, 3.05) is 28.4 Å². The van der Waals surface area contributed by atoms with Crippen molar-refractivity contribution in [2.45, 2.75) is 0 Å². The van der Waals surface area contributed by atoms with Crippen molar-refractivity contribution in [2.24, 2.45) is 0 Å². The maximum absolute atomic E-state index is 12.9. The highest BCUT2D eigenvalue weighted by atomic mass is 16.5. The van der Waals surface area contributed by atoms with E-state index < -0.39 is 11.2 Å². The van der Waals surface area contributed by atoms with Gasteiger partial charge in [-0.2, -0.15) is 0 Å². The molecule has 0 amide bonds. The van der Waals surface area contributed by atoms with Crippen LogP contribution in [0.3, 0.4) is 0 Å². The molecule has 0 spiro atoms. The lowest BCUT2D eigenvalue weighted by atomic mass is 10.1. The van der Waals surface area contributed by atoms with E-state index in [-0.39, 0.29) is 50.7 Å². The number of methoxy groups -OCH3 is 4. The molecule has 1 aromatic heterocycles. The van der Waals surface area contributed by atoms with Gasteiger partial charge in [-0.25, -0.2) is 0 Å². The van der Waals surface area contributed by atoms with Crippen LogP contribution in [-0.2, 0) is 0 Å². The molecule has 0 atom stereocenters. The Kier molecular flexibility index (Phi) is 3.96. The molecule has 132 valence electrons. The molecule has 2 N–H and O–H groups in total. The third kappa shape index (κ3) is 2.18. The van der Waals surface area contributed by atoms with Gasteiger partial charge in [-0.15, -0.1) is 0 Å². The molecule has 0 aliphatic heterocycles. The third-order valence-electron chi connectivity index (χ3n) is 3.89. The zero-order valence-electron chi connectivity index (χ0n) is 14.0. The van der Waals surface area contributed by atoms with E-state index in [2.05, 4.69) is 0 Å². The molecule has 0 aliphatic carbocycles. The van der Waals surface area contributed by atoms with Crippen molar-refractivity contribution < 1.29 is 33.6 Å². The predicted molar refractivity (Wildman–Crippen MR) is 89.5 cm³/mol. The third-order valence-corrected chi connectivity index (χ3v) is 3.89. The molecule has 2 aromatic carbocycles. The van der Waals surface area contributed by atoms with Gasteiger partial charge < -0.3 is 33.6 Å². The zero-order chi connectivity index (χ0) is 18.3. The van der Waals surface area contributed by atoms with E-state index in [4.69, 9.17) is 23.4 Å². The van der Waals surface area contributed by atoms with E-state index in [1.807, 2.05) is 0 Å². The summed E-state index contributed by atoms with van der Waals surface area (Å²) in [7, 11) is 5.43. The van der Waals surface area contributed by atoms with E-state index in [1.165, 1.54) is 40.6 Å². The molecule has 3 aromatic rings. The van der Waals surface area contributed by atoms with Crippen LogP contribution in [-0.4, -0.2) is 38.7 Å². The lowest BCUT2D eigenvalue weighted by molar-refractivity contribution is 0.311. The molecule has 8 nitrogen and oxygen atoms in total. The molecule has 1 heterocycles. The highest BCUT2D eigenvalue weighted by molar-refractivity contribution is 6.02. The van der Waals surface area contributed by atoms with Gasteiger partial charge in [0.1, 0.15) is 16.5 Å². The average molecular weight is 348 g/mol. The number of phenolic OH excluding ortho intramolecular Hbond substituents is 2. The van der Waals surface area contributed by atoms with Crippen LogP contribution in [0.1, 0.15) is 0 Å². The second kappa shape index (κ2) is 5.97. The molecule has 0 unspecified atom stereocenters. The number of fused-ring (bicyclic) bond motifs is 2. The number of rotatable bonds is 4. The van der Waals surface area contributed by atoms with E-state index in [0.29, 0.717) is 0 Å². The molecule has 8 heteroatoms. The smallest absolute Gasteiger partial charge is 0.211 e. The number of ether oxygens (including phenoxy) is 4.